The van der Waals surface area contributed by atoms with Gasteiger partial charge in [0.25, 0.3) is 5.91 Å². The van der Waals surface area contributed by atoms with Gasteiger partial charge in [-0.1, -0.05) is 37.3 Å². The average Bonchev–Trinajstić information content (AvgIpc) is 3.33. The number of nitrogens with zero attached hydrogens (tertiary/aromatic N) is 3. The van der Waals surface area contributed by atoms with Gasteiger partial charge in [-0.2, -0.15) is 0 Å². The summed E-state index contributed by atoms with van der Waals surface area (Å²) in [7, 11) is 1.33. The maximum Gasteiger partial charge on any atom is 0.338 e. The van der Waals surface area contributed by atoms with Crippen molar-refractivity contribution in [2.75, 3.05) is 39.8 Å². The molecular weight excluding hydrogens is 532 g/mol. The van der Waals surface area contributed by atoms with Crippen LogP contribution >= 0.6 is 0 Å². The molecule has 0 atom stereocenters. The molecule has 1 aliphatic rings. The van der Waals surface area contributed by atoms with Gasteiger partial charge in [-0.15, -0.1) is 0 Å². The molecule has 1 aliphatic heterocycles. The van der Waals surface area contributed by atoms with E-state index in [1.807, 2.05) is 55.1 Å². The number of amides is 1. The Bertz CT molecular complexity index is 1650. The molecule has 3 aromatic carbocycles. The standard InChI is InChI=1S/C33H34N4O5/c1-4-25(38)20-36-14-16-37(17-15-36)32(40)23-10-12-24(13-11-23)34-30(22-8-6-5-7-9-22)29-27-18-21(2)26(33(41)42-3)19-28(27)35-31(29)39/h5-13,18-19,35,39H,4,14-17,20H2,1-3H3. The van der Waals surface area contributed by atoms with Gasteiger partial charge in [-0.25, -0.2) is 9.79 Å². The number of fused-ring (bicyclic) bond motifs is 1. The van der Waals surface area contributed by atoms with E-state index in [1.165, 1.54) is 7.11 Å². The fraction of sp³-hybridized carbons (Fsp3) is 0.273. The minimum atomic E-state index is -0.454. The largest absolute Gasteiger partial charge is 0.494 e. The third-order valence-corrected chi connectivity index (χ3v) is 7.62. The van der Waals surface area contributed by atoms with E-state index in [0.717, 1.165) is 5.56 Å². The molecule has 216 valence electrons. The van der Waals surface area contributed by atoms with Crippen LogP contribution in [-0.2, 0) is 9.53 Å². The Kier molecular flexibility index (Phi) is 8.49. The number of hydrogen-bond acceptors (Lipinski definition) is 7. The number of aromatic amines is 1. The number of ketones is 1. The van der Waals surface area contributed by atoms with Crippen LogP contribution in [0.1, 0.15) is 50.8 Å². The van der Waals surface area contributed by atoms with Gasteiger partial charge in [-0.3, -0.25) is 14.5 Å². The quantitative estimate of drug-likeness (QED) is 0.232. The zero-order chi connectivity index (χ0) is 29.8. The van der Waals surface area contributed by atoms with E-state index in [4.69, 9.17) is 9.73 Å². The van der Waals surface area contributed by atoms with Gasteiger partial charge in [-0.05, 0) is 48.9 Å². The third-order valence-electron chi connectivity index (χ3n) is 7.62. The summed E-state index contributed by atoms with van der Waals surface area (Å²) in [4.78, 5) is 49.0. The monoisotopic (exact) mass is 566 g/mol. The molecule has 0 radical (unpaired) electrons. The van der Waals surface area contributed by atoms with Crippen molar-refractivity contribution in [2.45, 2.75) is 20.3 Å². The van der Waals surface area contributed by atoms with E-state index in [9.17, 15) is 19.5 Å². The molecule has 0 bridgehead atoms. The minimum absolute atomic E-state index is 0.0542. The molecule has 9 heteroatoms. The summed E-state index contributed by atoms with van der Waals surface area (Å²) >= 11 is 0. The van der Waals surface area contributed by atoms with Crippen LogP contribution in [0.3, 0.4) is 0 Å². The maximum atomic E-state index is 13.2. The Morgan fingerprint density at radius 2 is 1.64 bits per heavy atom. The second kappa shape index (κ2) is 12.4. The zero-order valence-electron chi connectivity index (χ0n) is 24.0. The summed E-state index contributed by atoms with van der Waals surface area (Å²) in [5.74, 6) is -0.366. The summed E-state index contributed by atoms with van der Waals surface area (Å²) in [6.45, 7) is 6.62. The topological polar surface area (TPSA) is 115 Å². The van der Waals surface area contributed by atoms with Crippen LogP contribution in [0.5, 0.6) is 5.88 Å². The first kappa shape index (κ1) is 28.8. The molecule has 1 amide bonds. The first-order valence-electron chi connectivity index (χ1n) is 14.0. The van der Waals surface area contributed by atoms with Gasteiger partial charge < -0.3 is 19.7 Å². The van der Waals surface area contributed by atoms with Crippen molar-refractivity contribution in [3.63, 3.8) is 0 Å². The van der Waals surface area contributed by atoms with Crippen molar-refractivity contribution in [3.8, 4) is 5.88 Å². The summed E-state index contributed by atoms with van der Waals surface area (Å²) in [5, 5.41) is 11.8. The number of rotatable bonds is 8. The number of esters is 1. The number of piperazine rings is 1. The third kappa shape index (κ3) is 5.96. The molecule has 9 nitrogen and oxygen atoms in total. The van der Waals surface area contributed by atoms with Crippen LogP contribution in [0.4, 0.5) is 5.69 Å². The van der Waals surface area contributed by atoms with Gasteiger partial charge in [0.15, 0.2) is 5.88 Å². The number of aromatic nitrogens is 1. The molecule has 2 heterocycles. The Morgan fingerprint density at radius 3 is 2.29 bits per heavy atom. The molecule has 1 saturated heterocycles. The Balaban J connectivity index is 1.44. The molecular formula is C33H34N4O5. The Labute approximate surface area is 244 Å². The van der Waals surface area contributed by atoms with E-state index in [1.54, 1.807) is 30.3 Å². The highest BCUT2D eigenvalue weighted by Gasteiger charge is 2.24. The SMILES string of the molecule is CCC(=O)CN1CCN(C(=O)c2ccc(N=C(c3ccccc3)c3c(O)[nH]c4cc(C(=O)OC)c(C)cc34)cc2)CC1. The number of Topliss-reactive ketones (excluding diaryl/α,β-unsaturated/α-hetero) is 1. The number of nitrogens with one attached hydrogen (secondary N) is 1. The second-order valence-corrected chi connectivity index (χ2v) is 10.4. The predicted molar refractivity (Wildman–Crippen MR) is 162 cm³/mol. The summed E-state index contributed by atoms with van der Waals surface area (Å²) < 4.78 is 4.91. The fourth-order valence-corrected chi connectivity index (χ4v) is 5.23. The molecule has 1 fully saturated rings. The molecule has 0 aliphatic carbocycles. The van der Waals surface area contributed by atoms with Crippen LogP contribution in [0.2, 0.25) is 0 Å². The summed E-state index contributed by atoms with van der Waals surface area (Å²) in [6.07, 6.45) is 0.524. The highest BCUT2D eigenvalue weighted by molar-refractivity contribution is 6.22. The first-order chi connectivity index (χ1) is 20.3. The molecule has 1 aromatic heterocycles. The van der Waals surface area contributed by atoms with Crippen LogP contribution < -0.4 is 0 Å². The van der Waals surface area contributed by atoms with Crippen LogP contribution in [0, 0.1) is 6.92 Å². The lowest BCUT2D eigenvalue weighted by Gasteiger charge is -2.34. The number of aromatic hydroxyl groups is 1. The first-order valence-corrected chi connectivity index (χ1v) is 14.0. The molecule has 0 saturated carbocycles. The normalized spacial score (nSPS) is 14.3. The van der Waals surface area contributed by atoms with E-state index >= 15 is 0 Å². The lowest BCUT2D eigenvalue weighted by atomic mass is 9.98. The smallest absolute Gasteiger partial charge is 0.338 e. The number of aryl methyl sites for hydroxylation is 1. The van der Waals surface area contributed by atoms with Crippen LogP contribution in [0.15, 0.2) is 71.7 Å². The van der Waals surface area contributed by atoms with E-state index in [-0.39, 0.29) is 17.6 Å². The lowest BCUT2D eigenvalue weighted by Crippen LogP contribution is -2.49. The lowest BCUT2D eigenvalue weighted by molar-refractivity contribution is -0.120. The minimum Gasteiger partial charge on any atom is -0.494 e. The molecule has 42 heavy (non-hydrogen) atoms. The van der Waals surface area contributed by atoms with Gasteiger partial charge in [0, 0.05) is 54.6 Å². The number of H-pyrrole nitrogens is 1. The van der Waals surface area contributed by atoms with E-state index in [2.05, 4.69) is 9.88 Å². The number of ether oxygens (including phenoxy) is 1. The van der Waals surface area contributed by atoms with Gasteiger partial charge >= 0.3 is 5.97 Å². The molecule has 0 spiro atoms. The zero-order valence-corrected chi connectivity index (χ0v) is 24.0. The number of hydrogen-bond donors (Lipinski definition) is 2. The highest BCUT2D eigenvalue weighted by atomic mass is 16.5. The van der Waals surface area contributed by atoms with E-state index < -0.39 is 5.97 Å². The van der Waals surface area contributed by atoms with Crippen molar-refractivity contribution in [2.24, 2.45) is 4.99 Å². The Morgan fingerprint density at radius 1 is 0.952 bits per heavy atom. The van der Waals surface area contributed by atoms with Crippen molar-refractivity contribution >= 4 is 40.0 Å². The number of carbonyl (C=O) groups is 3. The number of aliphatic imine (C=N–C) groups is 1. The van der Waals surface area contributed by atoms with Crippen molar-refractivity contribution < 1.29 is 24.2 Å². The molecule has 2 N–H and O–H groups in total. The summed E-state index contributed by atoms with van der Waals surface area (Å²) in [5.41, 5.74) is 4.73. The van der Waals surface area contributed by atoms with Crippen molar-refractivity contribution in [3.05, 3.63) is 94.5 Å². The summed E-state index contributed by atoms with van der Waals surface area (Å²) in [6, 6.07) is 20.2. The number of methoxy groups -OCH3 is 1. The van der Waals surface area contributed by atoms with E-state index in [0.29, 0.717) is 83.7 Å². The fourth-order valence-electron chi connectivity index (χ4n) is 5.23. The molecule has 0 unspecified atom stereocenters. The van der Waals surface area contributed by atoms with Crippen LogP contribution in [0.25, 0.3) is 10.9 Å². The van der Waals surface area contributed by atoms with Crippen molar-refractivity contribution in [1.29, 1.82) is 0 Å². The highest BCUT2D eigenvalue weighted by Crippen LogP contribution is 2.33. The number of benzene rings is 3. The number of carbonyl (C=O) groups excluding carboxylic acids is 3. The van der Waals surface area contributed by atoms with Gasteiger partial charge in [0.05, 0.1) is 36.2 Å². The van der Waals surface area contributed by atoms with Crippen LogP contribution in [-0.4, -0.2) is 83.1 Å². The Hall–Kier alpha value is -4.76. The van der Waals surface area contributed by atoms with Gasteiger partial charge in [0.2, 0.25) is 0 Å². The van der Waals surface area contributed by atoms with Crippen molar-refractivity contribution in [1.82, 2.24) is 14.8 Å². The average molecular weight is 567 g/mol. The van der Waals surface area contributed by atoms with Gasteiger partial charge in [0.1, 0.15) is 5.78 Å². The second-order valence-electron chi connectivity index (χ2n) is 10.4. The molecule has 5 rings (SSSR count). The predicted octanol–water partition coefficient (Wildman–Crippen LogP) is 4.87. The maximum absolute atomic E-state index is 13.2. The molecule has 4 aromatic rings.